The van der Waals surface area contributed by atoms with E-state index < -0.39 is 0 Å². The van der Waals surface area contributed by atoms with Crippen molar-refractivity contribution < 1.29 is 14.6 Å². The van der Waals surface area contributed by atoms with E-state index in [1.807, 2.05) is 54.6 Å². The summed E-state index contributed by atoms with van der Waals surface area (Å²) in [5, 5.41) is 17.3. The van der Waals surface area contributed by atoms with Crippen molar-refractivity contribution in [1.82, 2.24) is 5.01 Å². The predicted molar refractivity (Wildman–Crippen MR) is 137 cm³/mol. The first-order chi connectivity index (χ1) is 16.5. The summed E-state index contributed by atoms with van der Waals surface area (Å²) in [4.78, 5) is 17.3. The molecule has 3 aromatic rings. The smallest absolute Gasteiger partial charge is 0.311 e. The molecule has 6 nitrogen and oxygen atoms in total. The number of carbonyl (C=O) groups excluding carboxylic acids is 1. The van der Waals surface area contributed by atoms with Crippen LogP contribution < -0.4 is 4.74 Å². The highest BCUT2D eigenvalue weighted by Gasteiger charge is 2.37. The van der Waals surface area contributed by atoms with Crippen LogP contribution in [0.4, 0.5) is 4.79 Å². The van der Waals surface area contributed by atoms with Gasteiger partial charge in [0.1, 0.15) is 11.5 Å². The molecule has 2 aliphatic heterocycles. The lowest BCUT2D eigenvalue weighted by Crippen LogP contribution is -2.26. The van der Waals surface area contributed by atoms with Gasteiger partial charge in [-0.15, -0.1) is 0 Å². The molecular weight excluding hydrogens is 470 g/mol. The van der Waals surface area contributed by atoms with Gasteiger partial charge in [0.25, 0.3) is 0 Å². The van der Waals surface area contributed by atoms with Crippen LogP contribution in [0.5, 0.6) is 11.5 Å². The molecule has 0 fully saturated rings. The van der Waals surface area contributed by atoms with Crippen molar-refractivity contribution in [1.29, 1.82) is 0 Å². The number of thioether (sulfide) groups is 1. The second-order valence-corrected chi connectivity index (χ2v) is 9.19. The molecule has 0 bridgehead atoms. The van der Waals surface area contributed by atoms with E-state index in [4.69, 9.17) is 21.4 Å². The average Bonchev–Trinajstić information content (AvgIpc) is 3.44. The zero-order valence-electron chi connectivity index (χ0n) is 18.2. The number of aliphatic imine (C=N–C) groups is 1. The van der Waals surface area contributed by atoms with E-state index >= 15 is 0 Å². The molecule has 1 amide bonds. The van der Waals surface area contributed by atoms with Gasteiger partial charge in [0, 0.05) is 17.0 Å². The number of phenols is 1. The van der Waals surface area contributed by atoms with Crippen LogP contribution in [0.3, 0.4) is 0 Å². The van der Waals surface area contributed by atoms with Crippen LogP contribution in [-0.4, -0.2) is 34.0 Å². The van der Waals surface area contributed by atoms with E-state index in [1.54, 1.807) is 36.4 Å². The summed E-state index contributed by atoms with van der Waals surface area (Å²) in [5.41, 5.74) is 3.45. The maximum Gasteiger partial charge on any atom is 0.311 e. The first-order valence-corrected chi connectivity index (χ1v) is 11.8. The summed E-state index contributed by atoms with van der Waals surface area (Å²) in [6.07, 6.45) is 2.39. The molecule has 2 aliphatic rings. The summed E-state index contributed by atoms with van der Waals surface area (Å²) in [7, 11) is 1.63. The molecule has 170 valence electrons. The number of carbonyl (C=O) groups is 1. The summed E-state index contributed by atoms with van der Waals surface area (Å²) >= 11 is 7.15. The number of hydrogen-bond donors (Lipinski definition) is 1. The molecule has 0 saturated heterocycles. The van der Waals surface area contributed by atoms with Crippen LogP contribution in [-0.2, 0) is 0 Å². The number of hydrazone groups is 1. The highest BCUT2D eigenvalue weighted by molar-refractivity contribution is 8.18. The van der Waals surface area contributed by atoms with Crippen molar-refractivity contribution in [3.05, 3.63) is 99.4 Å². The maximum absolute atomic E-state index is 12.4. The summed E-state index contributed by atoms with van der Waals surface area (Å²) in [6.45, 7) is 0. The van der Waals surface area contributed by atoms with E-state index in [0.29, 0.717) is 27.7 Å². The Bertz CT molecular complexity index is 1330. The molecule has 5 rings (SSSR count). The zero-order valence-corrected chi connectivity index (χ0v) is 19.8. The number of rotatable bonds is 4. The van der Waals surface area contributed by atoms with Gasteiger partial charge < -0.3 is 9.84 Å². The summed E-state index contributed by atoms with van der Waals surface area (Å²) in [6, 6.07) is 22.1. The van der Waals surface area contributed by atoms with Gasteiger partial charge >= 0.3 is 5.24 Å². The van der Waals surface area contributed by atoms with Crippen LogP contribution in [0.15, 0.2) is 87.8 Å². The van der Waals surface area contributed by atoms with Crippen molar-refractivity contribution in [2.24, 2.45) is 10.1 Å². The number of methoxy groups -OCH3 is 1. The Morgan fingerprint density at radius 2 is 1.82 bits per heavy atom. The number of benzene rings is 3. The fourth-order valence-corrected chi connectivity index (χ4v) is 4.78. The number of amidine groups is 1. The Balaban J connectivity index is 1.57. The lowest BCUT2D eigenvalue weighted by atomic mass is 9.98. The van der Waals surface area contributed by atoms with E-state index in [-0.39, 0.29) is 17.0 Å². The average molecular weight is 490 g/mol. The second-order valence-electron chi connectivity index (χ2n) is 7.76. The SMILES string of the molecule is COc1ccc(C2=NN(C3=NC(=O)S/C3=C\c3ccccc3O)C(c3ccc(Cl)cc3)C2)cc1. The van der Waals surface area contributed by atoms with Crippen LogP contribution in [0.1, 0.15) is 29.2 Å². The fourth-order valence-electron chi connectivity index (χ4n) is 3.92. The molecule has 0 aromatic heterocycles. The van der Waals surface area contributed by atoms with Gasteiger partial charge in [-0.3, -0.25) is 4.79 Å². The summed E-state index contributed by atoms with van der Waals surface area (Å²) < 4.78 is 5.28. The first-order valence-electron chi connectivity index (χ1n) is 10.6. The van der Waals surface area contributed by atoms with Gasteiger partial charge in [-0.1, -0.05) is 41.9 Å². The second kappa shape index (κ2) is 9.37. The lowest BCUT2D eigenvalue weighted by molar-refractivity contribution is 0.267. The third kappa shape index (κ3) is 4.44. The molecule has 0 aliphatic carbocycles. The number of aromatic hydroxyl groups is 1. The van der Waals surface area contributed by atoms with Crippen LogP contribution in [0, 0.1) is 0 Å². The van der Waals surface area contributed by atoms with Gasteiger partial charge in [0.2, 0.25) is 0 Å². The third-order valence-corrected chi connectivity index (χ3v) is 6.68. The molecular formula is C26H20ClN3O3S. The van der Waals surface area contributed by atoms with Gasteiger partial charge in [-0.05, 0) is 71.4 Å². The van der Waals surface area contributed by atoms with Crippen molar-refractivity contribution in [2.45, 2.75) is 12.5 Å². The number of nitrogens with zero attached hydrogens (tertiary/aromatic N) is 3. The van der Waals surface area contributed by atoms with Crippen molar-refractivity contribution in [3.8, 4) is 11.5 Å². The topological polar surface area (TPSA) is 74.5 Å². The van der Waals surface area contributed by atoms with E-state index in [2.05, 4.69) is 4.99 Å². The van der Waals surface area contributed by atoms with E-state index in [9.17, 15) is 9.90 Å². The largest absolute Gasteiger partial charge is 0.507 e. The number of phenolic OH excluding ortho intramolecular Hbond substituents is 1. The highest BCUT2D eigenvalue weighted by Crippen LogP contribution is 2.40. The van der Waals surface area contributed by atoms with Gasteiger partial charge in [-0.25, -0.2) is 5.01 Å². The minimum atomic E-state index is -0.320. The van der Waals surface area contributed by atoms with Gasteiger partial charge in [-0.2, -0.15) is 10.1 Å². The predicted octanol–water partition coefficient (Wildman–Crippen LogP) is 6.51. The van der Waals surface area contributed by atoms with Crippen molar-refractivity contribution in [3.63, 3.8) is 0 Å². The monoisotopic (exact) mass is 489 g/mol. The highest BCUT2D eigenvalue weighted by atomic mass is 35.5. The molecule has 1 unspecified atom stereocenters. The minimum Gasteiger partial charge on any atom is -0.507 e. The molecule has 0 saturated carbocycles. The number of hydrogen-bond acceptors (Lipinski definition) is 6. The number of amides is 1. The Hall–Kier alpha value is -3.55. The number of halogens is 1. The van der Waals surface area contributed by atoms with Crippen molar-refractivity contribution in [2.75, 3.05) is 7.11 Å². The normalized spacial score (nSPS) is 18.9. The van der Waals surface area contributed by atoms with Gasteiger partial charge in [0.05, 0.1) is 23.8 Å². The zero-order chi connectivity index (χ0) is 23.7. The third-order valence-electron chi connectivity index (χ3n) is 5.64. The number of ether oxygens (including phenoxy) is 1. The first kappa shape index (κ1) is 22.3. The molecule has 34 heavy (non-hydrogen) atoms. The Morgan fingerprint density at radius 3 is 2.53 bits per heavy atom. The van der Waals surface area contributed by atoms with Crippen molar-refractivity contribution >= 4 is 46.2 Å². The van der Waals surface area contributed by atoms with Crippen LogP contribution >= 0.6 is 23.4 Å². The fraction of sp³-hybridized carbons (Fsp3) is 0.115. The molecule has 0 spiro atoms. The maximum atomic E-state index is 12.4. The lowest BCUT2D eigenvalue weighted by Gasteiger charge is -2.24. The number of para-hydroxylation sites is 1. The standard InChI is InChI=1S/C26H20ClN3O3S/c1-33-20-12-8-16(9-13-20)21-15-22(17-6-10-19(27)11-7-17)30(29-21)25-24(34-26(32)28-25)14-18-4-2-3-5-23(18)31/h2-14,22,31H,15H2,1H3/b24-14-. The van der Waals surface area contributed by atoms with E-state index in [1.165, 1.54) is 0 Å². The van der Waals surface area contributed by atoms with E-state index in [0.717, 1.165) is 34.3 Å². The molecule has 8 heteroatoms. The molecule has 0 radical (unpaired) electrons. The van der Waals surface area contributed by atoms with Crippen LogP contribution in [0.2, 0.25) is 5.02 Å². The Morgan fingerprint density at radius 1 is 1.09 bits per heavy atom. The Labute approximate surface area is 206 Å². The van der Waals surface area contributed by atoms with Gasteiger partial charge in [0.15, 0.2) is 5.84 Å². The molecule has 1 atom stereocenters. The minimum absolute atomic E-state index is 0.132. The molecule has 2 heterocycles. The quantitative estimate of drug-likeness (QED) is 0.452. The summed E-state index contributed by atoms with van der Waals surface area (Å²) in [5.74, 6) is 1.36. The molecule has 1 N–H and O–H groups in total. The van der Waals surface area contributed by atoms with Crippen LogP contribution in [0.25, 0.3) is 6.08 Å². The Kier molecular flexibility index (Phi) is 6.13. The molecule has 3 aromatic carbocycles.